The van der Waals surface area contributed by atoms with Crippen molar-refractivity contribution in [2.45, 2.75) is 24.3 Å². The van der Waals surface area contributed by atoms with Gasteiger partial charge in [0.25, 0.3) is 5.69 Å². The van der Waals surface area contributed by atoms with Gasteiger partial charge in [0.05, 0.1) is 4.92 Å². The van der Waals surface area contributed by atoms with Gasteiger partial charge in [0.15, 0.2) is 4.90 Å². The van der Waals surface area contributed by atoms with Gasteiger partial charge in [-0.1, -0.05) is 0 Å². The first kappa shape index (κ1) is 16.3. The molecule has 0 amide bonds. The molecule has 0 aromatic heterocycles. The van der Waals surface area contributed by atoms with Crippen LogP contribution in [-0.4, -0.2) is 33.1 Å². The van der Waals surface area contributed by atoms with Gasteiger partial charge in [0, 0.05) is 31.5 Å². The van der Waals surface area contributed by atoms with Crippen LogP contribution in [0.15, 0.2) is 23.1 Å². The highest BCUT2D eigenvalue weighted by Gasteiger charge is 2.27. The number of rotatable bonds is 7. The second-order valence-corrected chi connectivity index (χ2v) is 5.97. The van der Waals surface area contributed by atoms with Gasteiger partial charge < -0.3 is 10.5 Å². The average molecular weight is 303 g/mol. The number of benzene rings is 1. The third-order valence-electron chi connectivity index (χ3n) is 2.58. The zero-order valence-electron chi connectivity index (χ0n) is 11.2. The summed E-state index contributed by atoms with van der Waals surface area (Å²) in [4.78, 5) is 9.70. The fourth-order valence-corrected chi connectivity index (χ4v) is 3.06. The number of nitrogens with one attached hydrogen (secondary N) is 1. The Kier molecular flexibility index (Phi) is 5.43. The lowest BCUT2D eigenvalue weighted by atomic mass is 10.3. The molecule has 0 heterocycles. The summed E-state index contributed by atoms with van der Waals surface area (Å²) < 4.78 is 31.6. The SMILES string of the molecule is COCCC(C)NS(=O)(=O)c1cc(N)ccc1[N+](=O)[O-]. The number of hydrogen-bond acceptors (Lipinski definition) is 6. The smallest absolute Gasteiger partial charge is 0.289 e. The molecule has 1 aromatic rings. The minimum atomic E-state index is -4.02. The lowest BCUT2D eigenvalue weighted by Crippen LogP contribution is -2.33. The van der Waals surface area contributed by atoms with E-state index in [4.69, 9.17) is 10.5 Å². The van der Waals surface area contributed by atoms with Gasteiger partial charge in [-0.15, -0.1) is 0 Å². The summed E-state index contributed by atoms with van der Waals surface area (Å²) in [6.45, 7) is 2.03. The second-order valence-electron chi connectivity index (χ2n) is 4.29. The van der Waals surface area contributed by atoms with Gasteiger partial charge in [-0.25, -0.2) is 13.1 Å². The van der Waals surface area contributed by atoms with Crippen molar-refractivity contribution in [1.29, 1.82) is 0 Å². The zero-order chi connectivity index (χ0) is 15.3. The topological polar surface area (TPSA) is 125 Å². The quantitative estimate of drug-likeness (QED) is 0.437. The molecular formula is C11H17N3O5S. The zero-order valence-corrected chi connectivity index (χ0v) is 12.0. The van der Waals surface area contributed by atoms with E-state index in [0.717, 1.165) is 12.1 Å². The highest BCUT2D eigenvalue weighted by atomic mass is 32.2. The number of nitro groups is 1. The minimum absolute atomic E-state index is 0.139. The van der Waals surface area contributed by atoms with Gasteiger partial charge in [0.2, 0.25) is 10.0 Å². The summed E-state index contributed by atoms with van der Waals surface area (Å²) in [6.07, 6.45) is 0.450. The van der Waals surface area contributed by atoms with Gasteiger partial charge in [-0.2, -0.15) is 0 Å². The fourth-order valence-electron chi connectivity index (χ4n) is 1.58. The molecule has 1 atom stereocenters. The van der Waals surface area contributed by atoms with Crippen LogP contribution >= 0.6 is 0 Å². The van der Waals surface area contributed by atoms with E-state index < -0.39 is 31.6 Å². The van der Waals surface area contributed by atoms with Crippen molar-refractivity contribution in [3.8, 4) is 0 Å². The summed E-state index contributed by atoms with van der Waals surface area (Å²) in [5, 5.41) is 10.9. The Morgan fingerprint density at radius 2 is 2.15 bits per heavy atom. The van der Waals surface area contributed by atoms with Crippen molar-refractivity contribution in [3.05, 3.63) is 28.3 Å². The number of methoxy groups -OCH3 is 1. The number of nitrogens with two attached hydrogens (primary N) is 1. The maximum Gasteiger partial charge on any atom is 0.289 e. The third-order valence-corrected chi connectivity index (χ3v) is 4.20. The first-order valence-electron chi connectivity index (χ1n) is 5.83. The van der Waals surface area contributed by atoms with Crippen molar-refractivity contribution in [3.63, 3.8) is 0 Å². The Bertz CT molecular complexity index is 588. The Morgan fingerprint density at radius 1 is 1.50 bits per heavy atom. The number of sulfonamides is 1. The summed E-state index contributed by atoms with van der Waals surface area (Å²) in [7, 11) is -2.51. The predicted molar refractivity (Wildman–Crippen MR) is 73.8 cm³/mol. The molecule has 112 valence electrons. The molecule has 0 bridgehead atoms. The van der Waals surface area contributed by atoms with E-state index in [9.17, 15) is 18.5 Å². The molecule has 1 aromatic carbocycles. The van der Waals surface area contributed by atoms with Crippen LogP contribution in [0.3, 0.4) is 0 Å². The number of anilines is 1. The number of nitrogens with zero attached hydrogens (tertiary/aromatic N) is 1. The van der Waals surface area contributed by atoms with E-state index in [0.29, 0.717) is 13.0 Å². The van der Waals surface area contributed by atoms with E-state index in [1.807, 2.05) is 0 Å². The van der Waals surface area contributed by atoms with E-state index in [-0.39, 0.29) is 5.69 Å². The molecule has 0 aliphatic rings. The number of hydrogen-bond donors (Lipinski definition) is 2. The highest BCUT2D eigenvalue weighted by Crippen LogP contribution is 2.26. The monoisotopic (exact) mass is 303 g/mol. The first-order chi connectivity index (χ1) is 9.27. The standard InChI is InChI=1S/C11H17N3O5S/c1-8(5-6-19-2)13-20(17,18)11-7-9(12)3-4-10(11)14(15)16/h3-4,7-8,13H,5-6,12H2,1-2H3. The first-order valence-corrected chi connectivity index (χ1v) is 7.31. The minimum Gasteiger partial charge on any atom is -0.399 e. The number of nitro benzene ring substituents is 1. The molecule has 0 radical (unpaired) electrons. The number of ether oxygens (including phenoxy) is 1. The van der Waals surface area contributed by atoms with Crippen LogP contribution in [0.2, 0.25) is 0 Å². The molecule has 0 saturated carbocycles. The molecule has 9 heteroatoms. The Morgan fingerprint density at radius 3 is 2.70 bits per heavy atom. The summed E-state index contributed by atoms with van der Waals surface area (Å²) in [5.74, 6) is 0. The van der Waals surface area contributed by atoms with Crippen LogP contribution in [-0.2, 0) is 14.8 Å². The second kappa shape index (κ2) is 6.64. The van der Waals surface area contributed by atoms with Crippen LogP contribution in [0.5, 0.6) is 0 Å². The normalized spacial score (nSPS) is 13.1. The molecule has 1 unspecified atom stereocenters. The summed E-state index contributed by atoms with van der Waals surface area (Å²) >= 11 is 0. The molecular weight excluding hydrogens is 286 g/mol. The van der Waals surface area contributed by atoms with E-state index in [1.165, 1.54) is 13.2 Å². The van der Waals surface area contributed by atoms with E-state index >= 15 is 0 Å². The molecule has 0 aliphatic carbocycles. The third kappa shape index (κ3) is 4.15. The van der Waals surface area contributed by atoms with Crippen LogP contribution in [0.25, 0.3) is 0 Å². The van der Waals surface area contributed by atoms with Crippen LogP contribution < -0.4 is 10.5 Å². The van der Waals surface area contributed by atoms with Crippen LogP contribution in [0.4, 0.5) is 11.4 Å². The lowest BCUT2D eigenvalue weighted by molar-refractivity contribution is -0.387. The molecule has 0 saturated heterocycles. The highest BCUT2D eigenvalue weighted by molar-refractivity contribution is 7.89. The van der Waals surface area contributed by atoms with E-state index in [1.54, 1.807) is 6.92 Å². The Labute approximate surface area is 117 Å². The van der Waals surface area contributed by atoms with Crippen molar-refractivity contribution in [2.24, 2.45) is 0 Å². The molecule has 20 heavy (non-hydrogen) atoms. The maximum absolute atomic E-state index is 12.2. The Hall–Kier alpha value is -1.71. The average Bonchev–Trinajstić information content (AvgIpc) is 2.35. The van der Waals surface area contributed by atoms with Crippen molar-refractivity contribution in [1.82, 2.24) is 4.72 Å². The molecule has 3 N–H and O–H groups in total. The van der Waals surface area contributed by atoms with Crippen molar-refractivity contribution < 1.29 is 18.1 Å². The summed E-state index contributed by atoms with van der Waals surface area (Å²) in [6, 6.07) is 3.01. The number of nitrogen functional groups attached to an aromatic ring is 1. The van der Waals surface area contributed by atoms with Crippen molar-refractivity contribution >= 4 is 21.4 Å². The predicted octanol–water partition coefficient (Wildman–Crippen LogP) is 0.880. The van der Waals surface area contributed by atoms with Crippen LogP contribution in [0.1, 0.15) is 13.3 Å². The molecule has 1 rings (SSSR count). The molecule has 0 spiro atoms. The molecule has 0 aliphatic heterocycles. The van der Waals surface area contributed by atoms with Gasteiger partial charge in [-0.3, -0.25) is 10.1 Å². The lowest BCUT2D eigenvalue weighted by Gasteiger charge is -2.14. The Balaban J connectivity index is 3.09. The maximum atomic E-state index is 12.2. The van der Waals surface area contributed by atoms with Crippen LogP contribution in [0, 0.1) is 10.1 Å². The van der Waals surface area contributed by atoms with E-state index in [2.05, 4.69) is 4.72 Å². The molecule has 0 fully saturated rings. The molecule has 8 nitrogen and oxygen atoms in total. The fraction of sp³-hybridized carbons (Fsp3) is 0.455. The van der Waals surface area contributed by atoms with Gasteiger partial charge in [0.1, 0.15) is 0 Å². The van der Waals surface area contributed by atoms with Gasteiger partial charge >= 0.3 is 0 Å². The van der Waals surface area contributed by atoms with Gasteiger partial charge in [-0.05, 0) is 25.5 Å². The van der Waals surface area contributed by atoms with Crippen molar-refractivity contribution in [2.75, 3.05) is 19.5 Å². The summed E-state index contributed by atoms with van der Waals surface area (Å²) in [5.41, 5.74) is 5.13. The largest absolute Gasteiger partial charge is 0.399 e.